The molecule has 1 N–H and O–H groups in total. The number of amides is 1. The van der Waals surface area contributed by atoms with E-state index in [0.717, 1.165) is 31.0 Å². The smallest absolute Gasteiger partial charge is 0.222 e. The van der Waals surface area contributed by atoms with Crippen LogP contribution in [0.3, 0.4) is 0 Å². The number of hydrogen-bond acceptors (Lipinski definition) is 7. The summed E-state index contributed by atoms with van der Waals surface area (Å²) >= 11 is 1.42. The van der Waals surface area contributed by atoms with E-state index < -0.39 is 0 Å². The molecule has 0 radical (unpaired) electrons. The average molecular weight is 318 g/mol. The summed E-state index contributed by atoms with van der Waals surface area (Å²) in [4.78, 5) is 22.6. The lowest BCUT2D eigenvalue weighted by atomic mass is 10.0. The fourth-order valence-electron chi connectivity index (χ4n) is 2.65. The van der Waals surface area contributed by atoms with Crippen LogP contribution < -0.4 is 5.32 Å². The molecule has 7 nitrogen and oxygen atoms in total. The minimum atomic E-state index is 0.209. The Kier molecular flexibility index (Phi) is 4.28. The third kappa shape index (κ3) is 3.22. The first-order valence-corrected chi connectivity index (χ1v) is 8.20. The van der Waals surface area contributed by atoms with Crippen molar-refractivity contribution in [3.05, 3.63) is 23.1 Å². The first kappa shape index (κ1) is 14.8. The molecular weight excluding hydrogens is 300 g/mol. The average Bonchev–Trinajstić information content (AvgIpc) is 3.17. The maximum absolute atomic E-state index is 11.8. The van der Waals surface area contributed by atoms with E-state index >= 15 is 0 Å². The van der Waals surface area contributed by atoms with E-state index in [4.69, 9.17) is 0 Å². The van der Waals surface area contributed by atoms with Crippen LogP contribution in [-0.4, -0.2) is 44.1 Å². The molecule has 0 aliphatic carbocycles. The zero-order chi connectivity index (χ0) is 15.5. The van der Waals surface area contributed by atoms with E-state index in [1.165, 1.54) is 11.3 Å². The molecule has 1 fully saturated rings. The van der Waals surface area contributed by atoms with E-state index in [1.807, 2.05) is 24.8 Å². The molecule has 1 aliphatic rings. The second kappa shape index (κ2) is 6.35. The van der Waals surface area contributed by atoms with Gasteiger partial charge in [-0.3, -0.25) is 4.79 Å². The molecule has 1 atom stereocenters. The summed E-state index contributed by atoms with van der Waals surface area (Å²) in [5.41, 5.74) is 2.65. The number of carbonyl (C=O) groups excluding carboxylic acids is 1. The highest BCUT2D eigenvalue weighted by Crippen LogP contribution is 2.28. The molecule has 116 valence electrons. The summed E-state index contributed by atoms with van der Waals surface area (Å²) in [5, 5.41) is 11.6. The molecule has 3 heterocycles. The van der Waals surface area contributed by atoms with Gasteiger partial charge in [-0.25, -0.2) is 9.97 Å². The van der Waals surface area contributed by atoms with Gasteiger partial charge in [0.1, 0.15) is 17.2 Å². The number of rotatable bonds is 4. The van der Waals surface area contributed by atoms with Crippen molar-refractivity contribution in [1.82, 2.24) is 25.1 Å². The monoisotopic (exact) mass is 318 g/mol. The van der Waals surface area contributed by atoms with Crippen LogP contribution in [0.15, 0.2) is 11.6 Å². The summed E-state index contributed by atoms with van der Waals surface area (Å²) in [6, 6.07) is 1.94. The Morgan fingerprint density at radius 1 is 1.50 bits per heavy atom. The van der Waals surface area contributed by atoms with Gasteiger partial charge in [-0.15, -0.1) is 10.2 Å². The number of nitrogens with one attached hydrogen (secondary N) is 1. The topological polar surface area (TPSA) is 83.9 Å². The molecule has 8 heteroatoms. The van der Waals surface area contributed by atoms with Gasteiger partial charge in [0.25, 0.3) is 0 Å². The highest BCUT2D eigenvalue weighted by molar-refractivity contribution is 7.13. The molecule has 3 rings (SSSR count). The predicted octanol–water partition coefficient (Wildman–Crippen LogP) is 2.11. The van der Waals surface area contributed by atoms with Gasteiger partial charge in [0.15, 0.2) is 0 Å². The van der Waals surface area contributed by atoms with Crippen LogP contribution in [0.1, 0.15) is 37.2 Å². The second-order valence-corrected chi connectivity index (χ2v) is 6.11. The Labute approximate surface area is 132 Å². The molecular formula is C14H18N6OS. The summed E-state index contributed by atoms with van der Waals surface area (Å²) < 4.78 is 0. The van der Waals surface area contributed by atoms with E-state index in [9.17, 15) is 4.79 Å². The highest BCUT2D eigenvalue weighted by Gasteiger charge is 2.27. The number of anilines is 2. The van der Waals surface area contributed by atoms with Crippen molar-refractivity contribution in [3.63, 3.8) is 0 Å². The van der Waals surface area contributed by atoms with Crippen molar-refractivity contribution in [2.24, 2.45) is 0 Å². The molecule has 0 spiro atoms. The number of nitrogens with zero attached hydrogens (tertiary/aromatic N) is 5. The Morgan fingerprint density at radius 2 is 2.36 bits per heavy atom. The normalized spacial score (nSPS) is 17.7. The van der Waals surface area contributed by atoms with Gasteiger partial charge in [-0.1, -0.05) is 18.3 Å². The molecule has 22 heavy (non-hydrogen) atoms. The minimum Gasteiger partial charge on any atom is -0.342 e. The van der Waals surface area contributed by atoms with Gasteiger partial charge in [0.2, 0.25) is 11.0 Å². The van der Waals surface area contributed by atoms with Gasteiger partial charge in [-0.2, -0.15) is 0 Å². The number of aryl methyl sites for hydroxylation is 1. The first-order chi connectivity index (χ1) is 10.7. The lowest BCUT2D eigenvalue weighted by molar-refractivity contribution is -0.129. The van der Waals surface area contributed by atoms with E-state index in [2.05, 4.69) is 25.5 Å². The van der Waals surface area contributed by atoms with E-state index in [0.29, 0.717) is 17.4 Å². The van der Waals surface area contributed by atoms with E-state index in [-0.39, 0.29) is 11.8 Å². The molecule has 1 unspecified atom stereocenters. The summed E-state index contributed by atoms with van der Waals surface area (Å²) in [7, 11) is 0. The van der Waals surface area contributed by atoms with Crippen LogP contribution >= 0.6 is 11.3 Å². The summed E-state index contributed by atoms with van der Waals surface area (Å²) in [6.07, 6.45) is 1.50. The Bertz CT molecular complexity index is 659. The molecule has 0 aromatic carbocycles. The van der Waals surface area contributed by atoms with Crippen LogP contribution in [0.25, 0.3) is 0 Å². The predicted molar refractivity (Wildman–Crippen MR) is 84.2 cm³/mol. The van der Waals surface area contributed by atoms with Crippen LogP contribution in [0.4, 0.5) is 10.9 Å². The van der Waals surface area contributed by atoms with Crippen LogP contribution in [0.5, 0.6) is 0 Å². The number of likely N-dealkylation sites (tertiary alicyclic amines) is 1. The lowest BCUT2D eigenvalue weighted by Crippen LogP contribution is -2.27. The molecule has 1 aliphatic heterocycles. The number of carbonyl (C=O) groups is 1. The quantitative estimate of drug-likeness (QED) is 0.929. The van der Waals surface area contributed by atoms with Crippen molar-refractivity contribution in [2.45, 2.75) is 32.6 Å². The van der Waals surface area contributed by atoms with Gasteiger partial charge in [-0.05, 0) is 13.3 Å². The summed E-state index contributed by atoms with van der Waals surface area (Å²) in [5.74, 6) is 1.91. The largest absolute Gasteiger partial charge is 0.342 e. The Balaban J connectivity index is 1.77. The van der Waals surface area contributed by atoms with Crippen LogP contribution in [0.2, 0.25) is 0 Å². The zero-order valence-corrected chi connectivity index (χ0v) is 13.4. The third-order valence-electron chi connectivity index (χ3n) is 3.71. The van der Waals surface area contributed by atoms with Crippen LogP contribution in [0, 0.1) is 6.92 Å². The van der Waals surface area contributed by atoms with Crippen LogP contribution in [-0.2, 0) is 4.79 Å². The molecule has 0 bridgehead atoms. The SMILES string of the molecule is CCC(=O)N1CCC(c2cc(Nc3nncs3)nc(C)n2)C1. The maximum atomic E-state index is 11.8. The van der Waals surface area contributed by atoms with Crippen molar-refractivity contribution in [2.75, 3.05) is 18.4 Å². The molecule has 1 amide bonds. The molecule has 2 aromatic heterocycles. The van der Waals surface area contributed by atoms with Gasteiger partial charge < -0.3 is 10.2 Å². The lowest BCUT2D eigenvalue weighted by Gasteiger charge is -2.15. The van der Waals surface area contributed by atoms with Crippen molar-refractivity contribution >= 4 is 28.2 Å². The third-order valence-corrected chi connectivity index (χ3v) is 4.32. The standard InChI is InChI=1S/C14H18N6OS/c1-3-13(21)20-5-4-10(7-20)11-6-12(17-9(2)16-11)18-14-19-15-8-22-14/h6,8,10H,3-5,7H2,1-2H3,(H,16,17,18,19). The van der Waals surface area contributed by atoms with E-state index in [1.54, 1.807) is 5.51 Å². The second-order valence-electron chi connectivity index (χ2n) is 5.27. The first-order valence-electron chi connectivity index (χ1n) is 7.32. The molecule has 2 aromatic rings. The fourth-order valence-corrected chi connectivity index (χ4v) is 3.10. The summed E-state index contributed by atoms with van der Waals surface area (Å²) in [6.45, 7) is 5.31. The minimum absolute atomic E-state index is 0.209. The Hall–Kier alpha value is -2.09. The van der Waals surface area contributed by atoms with Gasteiger partial charge in [0, 0.05) is 31.5 Å². The maximum Gasteiger partial charge on any atom is 0.222 e. The highest BCUT2D eigenvalue weighted by atomic mass is 32.1. The molecule has 0 saturated carbocycles. The van der Waals surface area contributed by atoms with Crippen molar-refractivity contribution in [1.29, 1.82) is 0 Å². The molecule has 1 saturated heterocycles. The fraction of sp³-hybridized carbons (Fsp3) is 0.500. The van der Waals surface area contributed by atoms with Gasteiger partial charge >= 0.3 is 0 Å². The number of hydrogen-bond donors (Lipinski definition) is 1. The zero-order valence-electron chi connectivity index (χ0n) is 12.6. The number of aromatic nitrogens is 4. The van der Waals surface area contributed by atoms with Crippen molar-refractivity contribution in [3.8, 4) is 0 Å². The van der Waals surface area contributed by atoms with Gasteiger partial charge in [0.05, 0.1) is 5.69 Å². The van der Waals surface area contributed by atoms with Crippen molar-refractivity contribution < 1.29 is 4.79 Å². The Morgan fingerprint density at radius 3 is 3.09 bits per heavy atom.